The molecule has 2 heterocycles. The van der Waals surface area contributed by atoms with Crippen LogP contribution in [0.25, 0.3) is 110 Å². The molecule has 13 heteroatoms. The normalized spacial score (nSPS) is 13.6. The SMILES string of the molecule is Fc1cc(-c2cc3ccccc3c3c2C[N+]2(Cc4c(-c5cc(F)c(F)c(F)c5)cc5ccccc5c4-3)Cc3c(-c4cc(F)c(F)c(F)c4)cc4ccccc4c3-c3c(c(-c4cc(F)c(F)c(F)c4)cc4ccccc34)C2)cc(F)c1F. The van der Waals surface area contributed by atoms with Gasteiger partial charge in [-0.2, -0.15) is 0 Å². The van der Waals surface area contributed by atoms with E-state index in [9.17, 15) is 0 Å². The Kier molecular flexibility index (Phi) is 11.4. The van der Waals surface area contributed by atoms with Crippen molar-refractivity contribution in [1.82, 2.24) is 0 Å². The molecule has 14 rings (SSSR count). The summed E-state index contributed by atoms with van der Waals surface area (Å²) >= 11 is 0. The van der Waals surface area contributed by atoms with Crippen LogP contribution >= 0.6 is 0 Å². The van der Waals surface area contributed by atoms with E-state index >= 15 is 52.7 Å². The van der Waals surface area contributed by atoms with Gasteiger partial charge in [-0.05, 0) is 160 Å². The minimum atomic E-state index is -1.71. The molecule has 1 spiro atoms. The van der Waals surface area contributed by atoms with Crippen molar-refractivity contribution in [3.63, 3.8) is 0 Å². The lowest BCUT2D eigenvalue weighted by atomic mass is 9.82. The zero-order valence-corrected chi connectivity index (χ0v) is 42.0. The van der Waals surface area contributed by atoms with Crippen molar-refractivity contribution in [2.75, 3.05) is 0 Å². The summed E-state index contributed by atoms with van der Waals surface area (Å²) in [6.45, 7) is -0.554. The fourth-order valence-electron chi connectivity index (χ4n) is 12.9. The Bertz CT molecular complexity index is 4070. The van der Waals surface area contributed by atoms with Crippen LogP contribution in [0.1, 0.15) is 22.3 Å². The van der Waals surface area contributed by atoms with Gasteiger partial charge in [0.1, 0.15) is 26.2 Å². The first-order chi connectivity index (χ1) is 39.0. The van der Waals surface area contributed by atoms with E-state index in [0.717, 1.165) is 48.5 Å². The van der Waals surface area contributed by atoms with Crippen LogP contribution in [0, 0.1) is 69.8 Å². The summed E-state index contributed by atoms with van der Waals surface area (Å²) < 4.78 is 187. The number of rotatable bonds is 4. The fourth-order valence-corrected chi connectivity index (χ4v) is 12.9. The highest BCUT2D eigenvalue weighted by Gasteiger charge is 2.44. The van der Waals surface area contributed by atoms with Gasteiger partial charge in [0.05, 0.1) is 0 Å². The lowest BCUT2D eigenvalue weighted by Gasteiger charge is -2.39. The summed E-state index contributed by atoms with van der Waals surface area (Å²) in [6, 6.07) is 42.7. The number of hydrogen-bond donors (Lipinski definition) is 0. The molecule has 0 saturated heterocycles. The predicted octanol–water partition coefficient (Wildman–Crippen LogP) is 19.5. The highest BCUT2D eigenvalue weighted by molar-refractivity contribution is 6.14. The first-order valence-corrected chi connectivity index (χ1v) is 25.7. The van der Waals surface area contributed by atoms with E-state index in [1.54, 1.807) is 97.1 Å². The van der Waals surface area contributed by atoms with Crippen molar-refractivity contribution in [3.05, 3.63) is 262 Å². The van der Waals surface area contributed by atoms with Crippen LogP contribution in [0.2, 0.25) is 0 Å². The maximum atomic E-state index is 15.8. The first-order valence-electron chi connectivity index (χ1n) is 25.7. The van der Waals surface area contributed by atoms with Gasteiger partial charge in [0, 0.05) is 44.5 Å². The van der Waals surface area contributed by atoms with Gasteiger partial charge >= 0.3 is 0 Å². The average molecular weight is 1100 g/mol. The van der Waals surface area contributed by atoms with E-state index in [0.29, 0.717) is 87.6 Å². The van der Waals surface area contributed by atoms with Gasteiger partial charge in [-0.25, -0.2) is 52.7 Å². The van der Waals surface area contributed by atoms with Crippen LogP contribution < -0.4 is 0 Å². The molecule has 0 bridgehead atoms. The van der Waals surface area contributed by atoms with Crippen molar-refractivity contribution >= 4 is 43.1 Å². The molecular weight excluding hydrogens is 1060 g/mol. The smallest absolute Gasteiger partial charge is 0.194 e. The molecule has 12 aromatic rings. The topological polar surface area (TPSA) is 0 Å². The quantitative estimate of drug-likeness (QED) is 0.0936. The Hall–Kier alpha value is -9.20. The Morgan fingerprint density at radius 2 is 0.420 bits per heavy atom. The number of hydrogen-bond acceptors (Lipinski definition) is 0. The summed E-state index contributed by atoms with van der Waals surface area (Å²) in [5.74, 6) is -18.7. The molecule has 2 aliphatic heterocycles. The third-order valence-electron chi connectivity index (χ3n) is 16.3. The third-order valence-corrected chi connectivity index (χ3v) is 16.3. The molecule has 0 N–H and O–H groups in total. The summed E-state index contributed by atoms with van der Waals surface area (Å²) in [4.78, 5) is 0. The molecule has 0 atom stereocenters. The minimum Gasteiger partial charge on any atom is -0.308 e. The molecule has 0 saturated carbocycles. The van der Waals surface area contributed by atoms with Gasteiger partial charge in [-0.1, -0.05) is 97.1 Å². The van der Waals surface area contributed by atoms with Crippen molar-refractivity contribution in [2.45, 2.75) is 26.2 Å². The second-order valence-electron chi connectivity index (χ2n) is 21.0. The lowest BCUT2D eigenvalue weighted by Crippen LogP contribution is -2.44. The number of halogens is 12. The summed E-state index contributed by atoms with van der Waals surface area (Å²) in [7, 11) is 0. The zero-order valence-electron chi connectivity index (χ0n) is 42.0. The molecule has 0 aliphatic carbocycles. The van der Waals surface area contributed by atoms with E-state index < -0.39 is 69.8 Å². The molecule has 1 nitrogen and oxygen atoms in total. The van der Waals surface area contributed by atoms with Gasteiger partial charge < -0.3 is 4.48 Å². The Morgan fingerprint density at radius 3 is 0.617 bits per heavy atom. The van der Waals surface area contributed by atoms with Gasteiger partial charge in [-0.15, -0.1) is 0 Å². The highest BCUT2D eigenvalue weighted by Crippen LogP contribution is 2.56. The third kappa shape index (κ3) is 7.84. The second-order valence-corrected chi connectivity index (χ2v) is 21.0. The highest BCUT2D eigenvalue weighted by atomic mass is 19.2. The maximum Gasteiger partial charge on any atom is 0.194 e. The van der Waals surface area contributed by atoms with Crippen LogP contribution in [0.4, 0.5) is 52.7 Å². The van der Waals surface area contributed by atoms with Gasteiger partial charge in [0.15, 0.2) is 69.8 Å². The Balaban J connectivity index is 1.22. The first kappa shape index (κ1) is 50.0. The van der Waals surface area contributed by atoms with Crippen molar-refractivity contribution in [3.8, 4) is 66.8 Å². The Morgan fingerprint density at radius 1 is 0.235 bits per heavy atom. The fraction of sp³-hybridized carbons (Fsp3) is 0.0588. The van der Waals surface area contributed by atoms with E-state index in [2.05, 4.69) is 0 Å². The van der Waals surface area contributed by atoms with E-state index in [1.807, 2.05) is 24.3 Å². The number of nitrogens with zero attached hydrogens (tertiary/aromatic N) is 1. The van der Waals surface area contributed by atoms with Gasteiger partial charge in [-0.3, -0.25) is 0 Å². The van der Waals surface area contributed by atoms with Crippen molar-refractivity contribution in [2.24, 2.45) is 0 Å². The van der Waals surface area contributed by atoms with E-state index in [1.165, 1.54) is 0 Å². The van der Waals surface area contributed by atoms with Crippen molar-refractivity contribution in [1.29, 1.82) is 0 Å². The predicted molar refractivity (Wildman–Crippen MR) is 290 cm³/mol. The zero-order chi connectivity index (χ0) is 55.9. The number of quaternary nitrogens is 1. The van der Waals surface area contributed by atoms with Crippen LogP contribution in [-0.2, 0) is 26.2 Å². The van der Waals surface area contributed by atoms with E-state index in [4.69, 9.17) is 0 Å². The Labute approximate surface area is 453 Å². The molecule has 0 amide bonds. The second kappa shape index (κ2) is 18.4. The molecule has 12 aromatic carbocycles. The standard InChI is InChI=1S/C68H36F12N/c69-53-21-37(22-54(70)65(53)77)45-17-33-9-1-5-13-41(33)61-49(45)29-81(30-50-46(38-23-55(71)66(78)56(72)24-38)18-34-10-2-6-14-42(34)62(50)61)31-51-47(39-25-57(73)67(79)58(74)26-39)19-35-11-3-7-15-43(35)63(51)64-44-16-8-4-12-36(44)20-48(52(64)32-81)40-27-59(75)68(80)60(76)28-40/h1-28H,29-32H2/q+1. The van der Waals surface area contributed by atoms with Crippen LogP contribution in [0.15, 0.2) is 170 Å². The van der Waals surface area contributed by atoms with Crippen LogP contribution in [0.3, 0.4) is 0 Å². The average Bonchev–Trinajstić information content (AvgIpc) is 4.00. The van der Waals surface area contributed by atoms with Gasteiger partial charge in [0.25, 0.3) is 0 Å². The molecule has 0 aromatic heterocycles. The minimum absolute atomic E-state index is 0.0679. The largest absolute Gasteiger partial charge is 0.308 e. The monoisotopic (exact) mass is 1090 g/mol. The summed E-state index contributed by atoms with van der Waals surface area (Å²) in [5.41, 5.74) is 4.46. The molecule has 0 radical (unpaired) electrons. The molecule has 0 unspecified atom stereocenters. The van der Waals surface area contributed by atoms with Gasteiger partial charge in [0.2, 0.25) is 0 Å². The molecule has 2 aliphatic rings. The number of benzene rings is 12. The summed E-state index contributed by atoms with van der Waals surface area (Å²) in [6.07, 6.45) is 0. The molecule has 0 fully saturated rings. The lowest BCUT2D eigenvalue weighted by molar-refractivity contribution is -0.977. The van der Waals surface area contributed by atoms with E-state index in [-0.39, 0.29) is 75.2 Å². The summed E-state index contributed by atoms with van der Waals surface area (Å²) in [5, 5.41) is 4.73. The molecule has 396 valence electrons. The number of fused-ring (bicyclic) bond motifs is 14. The van der Waals surface area contributed by atoms with Crippen LogP contribution in [0.5, 0.6) is 0 Å². The van der Waals surface area contributed by atoms with Crippen molar-refractivity contribution < 1.29 is 57.2 Å². The van der Waals surface area contributed by atoms with Crippen LogP contribution in [-0.4, -0.2) is 4.48 Å². The molecule has 81 heavy (non-hydrogen) atoms. The maximum absolute atomic E-state index is 15.8. The molecular formula is C68H36F12N+.